The summed E-state index contributed by atoms with van der Waals surface area (Å²) in [5.41, 5.74) is 5.21. The Balaban J connectivity index is 1.94. The zero-order valence-corrected chi connectivity index (χ0v) is 10.4. The highest BCUT2D eigenvalue weighted by atomic mass is 14.8. The quantitative estimate of drug-likeness (QED) is 0.820. The van der Waals surface area contributed by atoms with Gasteiger partial charge in [-0.25, -0.2) is 4.99 Å². The molecule has 0 aromatic heterocycles. The van der Waals surface area contributed by atoms with Gasteiger partial charge in [-0.3, -0.25) is 0 Å². The molecule has 2 aromatic rings. The van der Waals surface area contributed by atoms with E-state index in [1.54, 1.807) is 0 Å². The minimum atomic E-state index is 0.330. The molecule has 1 atom stereocenters. The van der Waals surface area contributed by atoms with Gasteiger partial charge in [0.15, 0.2) is 12.3 Å². The van der Waals surface area contributed by atoms with Gasteiger partial charge in [-0.1, -0.05) is 48.5 Å². The first kappa shape index (κ1) is 11.0. The Morgan fingerprint density at radius 2 is 1.72 bits per heavy atom. The lowest BCUT2D eigenvalue weighted by molar-refractivity contribution is -0.485. The van der Waals surface area contributed by atoms with Crippen LogP contribution in [-0.2, 0) is 0 Å². The Bertz CT molecular complexity index is 594. The molecule has 88 valence electrons. The summed E-state index contributed by atoms with van der Waals surface area (Å²) in [6.07, 6.45) is 6.21. The van der Waals surface area contributed by atoms with Crippen molar-refractivity contribution in [2.24, 2.45) is 0 Å². The molecular weight excluding hydrogens is 218 g/mol. The molecule has 0 fully saturated rings. The fourth-order valence-corrected chi connectivity index (χ4v) is 2.36. The van der Waals surface area contributed by atoms with Crippen LogP contribution in [0.5, 0.6) is 0 Å². The van der Waals surface area contributed by atoms with Crippen molar-refractivity contribution in [1.82, 2.24) is 0 Å². The highest BCUT2D eigenvalue weighted by Gasteiger charge is 2.13. The van der Waals surface area contributed by atoms with Crippen molar-refractivity contribution in [2.45, 2.75) is 13.0 Å². The van der Waals surface area contributed by atoms with Crippen LogP contribution in [0.3, 0.4) is 0 Å². The molecule has 0 saturated heterocycles. The second-order valence-corrected chi connectivity index (χ2v) is 4.63. The lowest BCUT2D eigenvalue weighted by Crippen LogP contribution is -2.67. The number of aryl methyl sites for hydroxylation is 1. The summed E-state index contributed by atoms with van der Waals surface area (Å²) in [6.45, 7) is 2.15. The van der Waals surface area contributed by atoms with E-state index >= 15 is 0 Å². The van der Waals surface area contributed by atoms with E-state index in [0.29, 0.717) is 6.04 Å². The number of allylic oxidation sites excluding steroid dienone is 1. The number of rotatable bonds is 2. The van der Waals surface area contributed by atoms with Gasteiger partial charge in [0.25, 0.3) is 0 Å². The third kappa shape index (κ3) is 2.00. The Morgan fingerprint density at radius 1 is 0.944 bits per heavy atom. The van der Waals surface area contributed by atoms with Crippen molar-refractivity contribution in [3.05, 3.63) is 71.8 Å². The standard InChI is InChI=1S/C17H15N/c1-13-5-2-3-6-16(13)14-8-10-15(11-9-14)17-7-4-12-18-17/h2-12,17H,1H3/p+1. The van der Waals surface area contributed by atoms with E-state index in [0.717, 1.165) is 0 Å². The smallest absolute Gasteiger partial charge is 0.195 e. The van der Waals surface area contributed by atoms with Crippen LogP contribution in [0.4, 0.5) is 0 Å². The minimum absolute atomic E-state index is 0.330. The third-order valence-corrected chi connectivity index (χ3v) is 3.40. The van der Waals surface area contributed by atoms with Crippen molar-refractivity contribution in [3.63, 3.8) is 0 Å². The van der Waals surface area contributed by atoms with Crippen LogP contribution in [0.15, 0.2) is 60.7 Å². The molecule has 2 aromatic carbocycles. The van der Waals surface area contributed by atoms with Gasteiger partial charge in [-0.15, -0.1) is 0 Å². The third-order valence-electron chi connectivity index (χ3n) is 3.40. The molecule has 1 N–H and O–H groups in total. The highest BCUT2D eigenvalue weighted by Crippen LogP contribution is 2.24. The van der Waals surface area contributed by atoms with Crippen molar-refractivity contribution >= 4 is 6.21 Å². The van der Waals surface area contributed by atoms with Crippen LogP contribution in [0.25, 0.3) is 11.1 Å². The summed E-state index contributed by atoms with van der Waals surface area (Å²) in [5.74, 6) is 0. The molecule has 1 unspecified atom stereocenters. The molecule has 18 heavy (non-hydrogen) atoms. The van der Waals surface area contributed by atoms with Gasteiger partial charge in [0.2, 0.25) is 0 Å². The molecule has 0 spiro atoms. The van der Waals surface area contributed by atoms with E-state index in [4.69, 9.17) is 0 Å². The second-order valence-electron chi connectivity index (χ2n) is 4.63. The number of benzene rings is 2. The maximum Gasteiger partial charge on any atom is 0.195 e. The van der Waals surface area contributed by atoms with E-state index in [9.17, 15) is 0 Å². The molecule has 0 radical (unpaired) electrons. The van der Waals surface area contributed by atoms with Gasteiger partial charge < -0.3 is 0 Å². The topological polar surface area (TPSA) is 14.0 Å². The maximum atomic E-state index is 3.31. The van der Waals surface area contributed by atoms with Gasteiger partial charge >= 0.3 is 0 Å². The first-order chi connectivity index (χ1) is 8.84. The van der Waals surface area contributed by atoms with Gasteiger partial charge in [0.05, 0.1) is 0 Å². The van der Waals surface area contributed by atoms with Crippen LogP contribution in [0, 0.1) is 6.92 Å². The second kappa shape index (κ2) is 4.61. The van der Waals surface area contributed by atoms with Crippen LogP contribution < -0.4 is 4.99 Å². The summed E-state index contributed by atoms with van der Waals surface area (Å²) >= 11 is 0. The normalized spacial score (nSPS) is 17.3. The number of nitrogens with one attached hydrogen (secondary N) is 1. The van der Waals surface area contributed by atoms with Crippen LogP contribution in [-0.4, -0.2) is 6.21 Å². The van der Waals surface area contributed by atoms with E-state index in [1.807, 2.05) is 6.21 Å². The maximum absolute atomic E-state index is 3.31. The van der Waals surface area contributed by atoms with Crippen LogP contribution in [0.2, 0.25) is 0 Å². The molecule has 0 amide bonds. The van der Waals surface area contributed by atoms with E-state index < -0.39 is 0 Å². The van der Waals surface area contributed by atoms with E-state index in [2.05, 4.69) is 72.6 Å². The first-order valence-corrected chi connectivity index (χ1v) is 6.26. The fraction of sp³-hybridized carbons (Fsp3) is 0.118. The molecule has 0 saturated carbocycles. The highest BCUT2D eigenvalue weighted by molar-refractivity contribution is 5.69. The Morgan fingerprint density at radius 3 is 2.39 bits per heavy atom. The zero-order valence-electron chi connectivity index (χ0n) is 10.4. The summed E-state index contributed by atoms with van der Waals surface area (Å²) in [4.78, 5) is 3.31. The number of hydrogen-bond donors (Lipinski definition) is 1. The van der Waals surface area contributed by atoms with E-state index in [1.165, 1.54) is 22.3 Å². The van der Waals surface area contributed by atoms with Crippen molar-refractivity contribution in [2.75, 3.05) is 0 Å². The molecule has 1 nitrogen and oxygen atoms in total. The zero-order chi connectivity index (χ0) is 12.4. The van der Waals surface area contributed by atoms with Crippen molar-refractivity contribution < 1.29 is 4.99 Å². The first-order valence-electron chi connectivity index (χ1n) is 6.26. The monoisotopic (exact) mass is 234 g/mol. The molecule has 1 aliphatic rings. The predicted octanol–water partition coefficient (Wildman–Crippen LogP) is 2.42. The Labute approximate surface area is 108 Å². The average molecular weight is 234 g/mol. The van der Waals surface area contributed by atoms with Crippen LogP contribution >= 0.6 is 0 Å². The molecule has 0 bridgehead atoms. The van der Waals surface area contributed by atoms with Gasteiger partial charge in [-0.2, -0.15) is 0 Å². The summed E-state index contributed by atoms with van der Waals surface area (Å²) < 4.78 is 0. The largest absolute Gasteiger partial charge is 0.238 e. The average Bonchev–Trinajstić information content (AvgIpc) is 2.94. The van der Waals surface area contributed by atoms with Gasteiger partial charge in [0, 0.05) is 11.6 Å². The lowest BCUT2D eigenvalue weighted by atomic mass is 9.98. The van der Waals surface area contributed by atoms with Gasteiger partial charge in [0.1, 0.15) is 0 Å². The van der Waals surface area contributed by atoms with Crippen molar-refractivity contribution in [1.29, 1.82) is 0 Å². The molecule has 1 heterocycles. The summed E-state index contributed by atoms with van der Waals surface area (Å²) in [7, 11) is 0. The molecule has 0 aliphatic carbocycles. The van der Waals surface area contributed by atoms with Crippen molar-refractivity contribution in [3.8, 4) is 11.1 Å². The summed E-state index contributed by atoms with van der Waals surface area (Å²) in [5, 5.41) is 0. The molecule has 1 aliphatic heterocycles. The molecule has 1 heteroatoms. The van der Waals surface area contributed by atoms with E-state index in [-0.39, 0.29) is 0 Å². The Kier molecular flexibility index (Phi) is 2.81. The SMILES string of the molecule is Cc1ccccc1-c1ccc(C2C=CC=[NH+]2)cc1. The minimum Gasteiger partial charge on any atom is -0.238 e. The lowest BCUT2D eigenvalue weighted by Gasteiger charge is -2.07. The predicted molar refractivity (Wildman–Crippen MR) is 75.5 cm³/mol. The molecular formula is C17H16N+. The summed E-state index contributed by atoms with van der Waals surface area (Å²) in [6, 6.07) is 17.6. The molecule has 3 rings (SSSR count). The Hall–Kier alpha value is -2.15. The van der Waals surface area contributed by atoms with Gasteiger partial charge in [-0.05, 0) is 29.7 Å². The fourth-order valence-electron chi connectivity index (χ4n) is 2.36. The number of hydrogen-bond acceptors (Lipinski definition) is 0. The van der Waals surface area contributed by atoms with Crippen LogP contribution in [0.1, 0.15) is 17.2 Å².